The number of rotatable bonds is 3. The fourth-order valence-electron chi connectivity index (χ4n) is 2.70. The van der Waals surface area contributed by atoms with E-state index in [4.69, 9.17) is 39.8 Å². The average Bonchev–Trinajstić information content (AvgIpc) is 3.12. The SMILES string of the molecule is O=C(NC(=S)Nc1ccc2oc(-c3ccc(Cl)cc3)nc2c1)c1ccccc1Cl. The van der Waals surface area contributed by atoms with Crippen LogP contribution in [0.3, 0.4) is 0 Å². The van der Waals surface area contributed by atoms with Crippen molar-refractivity contribution in [2.24, 2.45) is 0 Å². The normalized spacial score (nSPS) is 10.7. The molecule has 1 heterocycles. The van der Waals surface area contributed by atoms with Gasteiger partial charge in [0.25, 0.3) is 5.91 Å². The molecular formula is C21H13Cl2N3O2S. The lowest BCUT2D eigenvalue weighted by Crippen LogP contribution is -2.34. The van der Waals surface area contributed by atoms with Gasteiger partial charge in [-0.05, 0) is 66.8 Å². The Morgan fingerprint density at radius 1 is 1.00 bits per heavy atom. The van der Waals surface area contributed by atoms with Crippen molar-refractivity contribution in [2.75, 3.05) is 5.32 Å². The fraction of sp³-hybridized carbons (Fsp3) is 0. The van der Waals surface area contributed by atoms with Crippen molar-refractivity contribution in [3.63, 3.8) is 0 Å². The molecule has 0 aliphatic carbocycles. The number of benzene rings is 3. The molecule has 3 aromatic carbocycles. The highest BCUT2D eigenvalue weighted by Crippen LogP contribution is 2.27. The Bertz CT molecular complexity index is 1220. The van der Waals surface area contributed by atoms with Gasteiger partial charge in [0.05, 0.1) is 10.6 Å². The van der Waals surface area contributed by atoms with E-state index in [1.165, 1.54) is 0 Å². The fourth-order valence-corrected chi connectivity index (χ4v) is 3.26. The van der Waals surface area contributed by atoms with E-state index in [1.807, 2.05) is 12.1 Å². The summed E-state index contributed by atoms with van der Waals surface area (Å²) in [5.74, 6) is 0.101. The highest BCUT2D eigenvalue weighted by molar-refractivity contribution is 7.80. The largest absolute Gasteiger partial charge is 0.436 e. The van der Waals surface area contributed by atoms with Crippen LogP contribution in [0.4, 0.5) is 5.69 Å². The summed E-state index contributed by atoms with van der Waals surface area (Å²) in [4.78, 5) is 16.8. The van der Waals surface area contributed by atoms with Crippen LogP contribution in [0.1, 0.15) is 10.4 Å². The minimum Gasteiger partial charge on any atom is -0.436 e. The predicted octanol–water partition coefficient (Wildman–Crippen LogP) is 5.93. The smallest absolute Gasteiger partial charge is 0.258 e. The molecule has 4 aromatic rings. The summed E-state index contributed by atoms with van der Waals surface area (Å²) in [5, 5.41) is 6.72. The molecule has 1 amide bonds. The van der Waals surface area contributed by atoms with Crippen molar-refractivity contribution < 1.29 is 9.21 Å². The number of hydrogen-bond acceptors (Lipinski definition) is 4. The van der Waals surface area contributed by atoms with E-state index >= 15 is 0 Å². The zero-order valence-corrected chi connectivity index (χ0v) is 17.1. The summed E-state index contributed by atoms with van der Waals surface area (Å²) >= 11 is 17.2. The Balaban J connectivity index is 1.49. The minimum absolute atomic E-state index is 0.149. The molecule has 2 N–H and O–H groups in total. The van der Waals surface area contributed by atoms with Crippen molar-refractivity contribution >= 4 is 63.2 Å². The number of carbonyl (C=O) groups is 1. The zero-order valence-electron chi connectivity index (χ0n) is 14.8. The van der Waals surface area contributed by atoms with Gasteiger partial charge in [0.2, 0.25) is 5.89 Å². The van der Waals surface area contributed by atoms with Crippen LogP contribution in [-0.2, 0) is 0 Å². The summed E-state index contributed by atoms with van der Waals surface area (Å²) in [5.41, 5.74) is 3.12. The van der Waals surface area contributed by atoms with Crippen molar-refractivity contribution in [1.82, 2.24) is 10.3 Å². The van der Waals surface area contributed by atoms with E-state index in [1.54, 1.807) is 54.6 Å². The van der Waals surface area contributed by atoms with Crippen molar-refractivity contribution in [3.8, 4) is 11.5 Å². The van der Waals surface area contributed by atoms with Gasteiger partial charge >= 0.3 is 0 Å². The van der Waals surface area contributed by atoms with E-state index in [-0.39, 0.29) is 11.0 Å². The Morgan fingerprint density at radius 3 is 2.52 bits per heavy atom. The summed E-state index contributed by atoms with van der Waals surface area (Å²) in [6.07, 6.45) is 0. The minimum atomic E-state index is -0.388. The number of aromatic nitrogens is 1. The second-order valence-electron chi connectivity index (χ2n) is 6.10. The Hall–Kier alpha value is -2.93. The molecule has 0 radical (unpaired) electrons. The molecular weight excluding hydrogens is 429 g/mol. The van der Waals surface area contributed by atoms with Gasteiger partial charge in [0.15, 0.2) is 10.7 Å². The molecule has 1 aromatic heterocycles. The number of carbonyl (C=O) groups excluding carboxylic acids is 1. The summed E-state index contributed by atoms with van der Waals surface area (Å²) < 4.78 is 5.79. The number of halogens is 2. The average molecular weight is 442 g/mol. The van der Waals surface area contributed by atoms with Crippen LogP contribution in [0.25, 0.3) is 22.6 Å². The molecule has 0 saturated heterocycles. The first-order valence-electron chi connectivity index (χ1n) is 8.53. The molecule has 0 saturated carbocycles. The van der Waals surface area contributed by atoms with Gasteiger partial charge in [-0.3, -0.25) is 10.1 Å². The van der Waals surface area contributed by atoms with Gasteiger partial charge < -0.3 is 9.73 Å². The third-order valence-corrected chi connectivity index (χ3v) is 4.87. The quantitative estimate of drug-likeness (QED) is 0.385. The number of nitrogens with one attached hydrogen (secondary N) is 2. The maximum absolute atomic E-state index is 12.3. The van der Waals surface area contributed by atoms with Gasteiger partial charge in [-0.1, -0.05) is 35.3 Å². The van der Waals surface area contributed by atoms with Crippen LogP contribution >= 0.6 is 35.4 Å². The lowest BCUT2D eigenvalue weighted by atomic mass is 10.2. The lowest BCUT2D eigenvalue weighted by molar-refractivity contribution is 0.0978. The Kier molecular flexibility index (Phi) is 5.49. The summed E-state index contributed by atoms with van der Waals surface area (Å²) in [6.45, 7) is 0. The van der Waals surface area contributed by atoms with Crippen LogP contribution in [-0.4, -0.2) is 16.0 Å². The number of anilines is 1. The molecule has 0 fully saturated rings. The number of amides is 1. The third-order valence-electron chi connectivity index (χ3n) is 4.08. The molecule has 4 rings (SSSR count). The number of nitrogens with zero attached hydrogens (tertiary/aromatic N) is 1. The summed E-state index contributed by atoms with van der Waals surface area (Å²) in [7, 11) is 0. The molecule has 0 aliphatic rings. The van der Waals surface area contributed by atoms with E-state index in [9.17, 15) is 4.79 Å². The number of fused-ring (bicyclic) bond motifs is 1. The topological polar surface area (TPSA) is 67.2 Å². The van der Waals surface area contributed by atoms with Crippen LogP contribution < -0.4 is 10.6 Å². The standard InChI is InChI=1S/C21H13Cl2N3O2S/c22-13-7-5-12(6-8-13)20-25-17-11-14(9-10-18(17)28-20)24-21(29)26-19(27)15-3-1-2-4-16(15)23/h1-11H,(H2,24,26,27,29). The van der Waals surface area contributed by atoms with E-state index < -0.39 is 0 Å². The molecule has 8 heteroatoms. The molecule has 0 spiro atoms. The second-order valence-corrected chi connectivity index (χ2v) is 7.35. The van der Waals surface area contributed by atoms with Crippen LogP contribution in [0.15, 0.2) is 71.1 Å². The maximum atomic E-state index is 12.3. The predicted molar refractivity (Wildman–Crippen MR) is 120 cm³/mol. The highest BCUT2D eigenvalue weighted by atomic mass is 35.5. The molecule has 0 unspecified atom stereocenters. The molecule has 0 aliphatic heterocycles. The molecule has 0 atom stereocenters. The van der Waals surface area contributed by atoms with Gasteiger partial charge in [-0.2, -0.15) is 0 Å². The maximum Gasteiger partial charge on any atom is 0.258 e. The lowest BCUT2D eigenvalue weighted by Gasteiger charge is -2.10. The monoisotopic (exact) mass is 441 g/mol. The first-order chi connectivity index (χ1) is 14.0. The van der Waals surface area contributed by atoms with E-state index in [2.05, 4.69) is 15.6 Å². The van der Waals surface area contributed by atoms with Gasteiger partial charge in [-0.25, -0.2) is 4.98 Å². The second kappa shape index (κ2) is 8.21. The summed E-state index contributed by atoms with van der Waals surface area (Å²) in [6, 6.07) is 19.3. The van der Waals surface area contributed by atoms with E-state index in [0.29, 0.717) is 38.3 Å². The number of thiocarbonyl (C=S) groups is 1. The van der Waals surface area contributed by atoms with Crippen LogP contribution in [0.2, 0.25) is 10.0 Å². The van der Waals surface area contributed by atoms with Crippen molar-refractivity contribution in [3.05, 3.63) is 82.3 Å². The van der Waals surface area contributed by atoms with Gasteiger partial charge in [0.1, 0.15) is 5.52 Å². The zero-order chi connectivity index (χ0) is 20.4. The molecule has 0 bridgehead atoms. The van der Waals surface area contributed by atoms with Crippen molar-refractivity contribution in [1.29, 1.82) is 0 Å². The van der Waals surface area contributed by atoms with Crippen LogP contribution in [0.5, 0.6) is 0 Å². The first-order valence-corrected chi connectivity index (χ1v) is 9.69. The van der Waals surface area contributed by atoms with E-state index in [0.717, 1.165) is 5.56 Å². The Labute approximate surface area is 181 Å². The van der Waals surface area contributed by atoms with Gasteiger partial charge in [-0.15, -0.1) is 0 Å². The van der Waals surface area contributed by atoms with Crippen LogP contribution in [0, 0.1) is 0 Å². The Morgan fingerprint density at radius 2 is 1.76 bits per heavy atom. The van der Waals surface area contributed by atoms with Crippen molar-refractivity contribution in [2.45, 2.75) is 0 Å². The molecule has 5 nitrogen and oxygen atoms in total. The first kappa shape index (κ1) is 19.4. The highest BCUT2D eigenvalue weighted by Gasteiger charge is 2.12. The molecule has 144 valence electrons. The number of oxazole rings is 1. The van der Waals surface area contributed by atoms with Gasteiger partial charge in [0, 0.05) is 16.3 Å². The number of hydrogen-bond donors (Lipinski definition) is 2. The third kappa shape index (κ3) is 4.40. The molecule has 29 heavy (non-hydrogen) atoms.